The Kier molecular flexibility index (Phi) is 4.37. The van der Waals surface area contributed by atoms with E-state index in [-0.39, 0.29) is 23.5 Å². The van der Waals surface area contributed by atoms with Crippen molar-refractivity contribution in [2.75, 3.05) is 7.11 Å². The molecule has 0 bridgehead atoms. The number of phenols is 1. The summed E-state index contributed by atoms with van der Waals surface area (Å²) >= 11 is 0. The second-order valence-corrected chi connectivity index (χ2v) is 4.19. The van der Waals surface area contributed by atoms with Crippen molar-refractivity contribution in [1.29, 1.82) is 0 Å². The van der Waals surface area contributed by atoms with E-state index in [1.807, 2.05) is 0 Å². The smallest absolute Gasteiger partial charge is 0.338 e. The first-order chi connectivity index (χ1) is 10.0. The number of ether oxygens (including phenoxy) is 2. The second kappa shape index (κ2) is 6.21. The lowest BCUT2D eigenvalue weighted by atomic mass is 10.1. The maximum absolute atomic E-state index is 13.8. The summed E-state index contributed by atoms with van der Waals surface area (Å²) in [5, 5.41) is 9.12. The van der Waals surface area contributed by atoms with Gasteiger partial charge in [-0.2, -0.15) is 0 Å². The third kappa shape index (κ3) is 3.47. The maximum Gasteiger partial charge on any atom is 0.338 e. The van der Waals surface area contributed by atoms with Crippen molar-refractivity contribution in [1.82, 2.24) is 0 Å². The standard InChI is InChI=1S/C15H12F2O4/c1-20-15(19)9-6-13(16)12(14(17)7-9)8-21-11-4-2-10(18)3-5-11/h2-7,18H,8H2,1H3. The van der Waals surface area contributed by atoms with Gasteiger partial charge in [-0.3, -0.25) is 0 Å². The molecule has 0 aliphatic heterocycles. The molecule has 0 aliphatic carbocycles. The van der Waals surface area contributed by atoms with E-state index in [0.29, 0.717) is 5.75 Å². The molecule has 6 heteroatoms. The summed E-state index contributed by atoms with van der Waals surface area (Å²) in [7, 11) is 1.12. The normalized spacial score (nSPS) is 10.2. The molecule has 0 spiro atoms. The molecule has 110 valence electrons. The number of carbonyl (C=O) groups excluding carboxylic acids is 1. The first kappa shape index (κ1) is 14.8. The molecule has 0 saturated carbocycles. The number of methoxy groups -OCH3 is 1. The third-order valence-electron chi connectivity index (χ3n) is 2.78. The van der Waals surface area contributed by atoms with Crippen LogP contribution in [0.4, 0.5) is 8.78 Å². The highest BCUT2D eigenvalue weighted by atomic mass is 19.1. The summed E-state index contributed by atoms with van der Waals surface area (Å²) in [6.45, 7) is -0.343. The van der Waals surface area contributed by atoms with E-state index in [2.05, 4.69) is 4.74 Å². The van der Waals surface area contributed by atoms with Crippen LogP contribution in [0.3, 0.4) is 0 Å². The van der Waals surface area contributed by atoms with E-state index in [4.69, 9.17) is 9.84 Å². The Bertz CT molecular complexity index is 630. The van der Waals surface area contributed by atoms with Crippen LogP contribution in [0.5, 0.6) is 11.5 Å². The molecular formula is C15H12F2O4. The summed E-state index contributed by atoms with van der Waals surface area (Å²) in [4.78, 5) is 11.2. The number of hydrogen-bond acceptors (Lipinski definition) is 4. The topological polar surface area (TPSA) is 55.8 Å². The highest BCUT2D eigenvalue weighted by molar-refractivity contribution is 5.89. The van der Waals surface area contributed by atoms with Crippen molar-refractivity contribution in [3.8, 4) is 11.5 Å². The highest BCUT2D eigenvalue weighted by Crippen LogP contribution is 2.21. The molecule has 2 aromatic rings. The molecule has 0 atom stereocenters. The molecule has 0 aliphatic rings. The number of aromatic hydroxyl groups is 1. The minimum Gasteiger partial charge on any atom is -0.508 e. The number of hydrogen-bond donors (Lipinski definition) is 1. The fourth-order valence-electron chi connectivity index (χ4n) is 1.67. The van der Waals surface area contributed by atoms with Gasteiger partial charge in [0, 0.05) is 0 Å². The first-order valence-corrected chi connectivity index (χ1v) is 5.99. The Balaban J connectivity index is 2.17. The van der Waals surface area contributed by atoms with Crippen molar-refractivity contribution in [3.63, 3.8) is 0 Å². The van der Waals surface area contributed by atoms with Crippen LogP contribution in [0, 0.1) is 11.6 Å². The molecule has 4 nitrogen and oxygen atoms in total. The van der Waals surface area contributed by atoms with Crippen molar-refractivity contribution in [2.45, 2.75) is 6.61 Å². The van der Waals surface area contributed by atoms with E-state index in [9.17, 15) is 13.6 Å². The molecule has 2 aromatic carbocycles. The maximum atomic E-state index is 13.8. The van der Waals surface area contributed by atoms with Gasteiger partial charge >= 0.3 is 5.97 Å². The van der Waals surface area contributed by atoms with Gasteiger partial charge in [-0.25, -0.2) is 13.6 Å². The average Bonchev–Trinajstić information content (AvgIpc) is 2.47. The lowest BCUT2D eigenvalue weighted by Crippen LogP contribution is -2.07. The van der Waals surface area contributed by atoms with Crippen LogP contribution in [-0.2, 0) is 11.3 Å². The molecule has 0 amide bonds. The molecule has 2 rings (SSSR count). The van der Waals surface area contributed by atoms with Crippen molar-refractivity contribution >= 4 is 5.97 Å². The molecule has 0 saturated heterocycles. The Labute approximate surface area is 119 Å². The lowest BCUT2D eigenvalue weighted by molar-refractivity contribution is 0.0599. The van der Waals surface area contributed by atoms with Crippen molar-refractivity contribution in [2.24, 2.45) is 0 Å². The van der Waals surface area contributed by atoms with E-state index in [0.717, 1.165) is 19.2 Å². The van der Waals surface area contributed by atoms with Crippen LogP contribution >= 0.6 is 0 Å². The zero-order chi connectivity index (χ0) is 15.4. The number of halogens is 2. The van der Waals surface area contributed by atoms with Gasteiger partial charge in [0.15, 0.2) is 0 Å². The number of carbonyl (C=O) groups is 1. The lowest BCUT2D eigenvalue weighted by Gasteiger charge is -2.09. The van der Waals surface area contributed by atoms with Gasteiger partial charge in [0.2, 0.25) is 0 Å². The monoisotopic (exact) mass is 294 g/mol. The first-order valence-electron chi connectivity index (χ1n) is 5.99. The molecule has 0 unspecified atom stereocenters. The Hall–Kier alpha value is -2.63. The summed E-state index contributed by atoms with van der Waals surface area (Å²) in [5.41, 5.74) is -0.503. The van der Waals surface area contributed by atoms with Crippen LogP contribution in [0.15, 0.2) is 36.4 Å². The Morgan fingerprint density at radius 3 is 2.24 bits per heavy atom. The number of benzene rings is 2. The SMILES string of the molecule is COC(=O)c1cc(F)c(COc2ccc(O)cc2)c(F)c1. The van der Waals surface area contributed by atoms with E-state index in [1.54, 1.807) is 0 Å². The average molecular weight is 294 g/mol. The predicted octanol–water partition coefficient (Wildman–Crippen LogP) is 3.04. The summed E-state index contributed by atoms with van der Waals surface area (Å²) in [5.74, 6) is -2.20. The predicted molar refractivity (Wildman–Crippen MR) is 70.1 cm³/mol. The van der Waals surface area contributed by atoms with Gasteiger partial charge in [-0.1, -0.05) is 0 Å². The zero-order valence-electron chi connectivity index (χ0n) is 11.1. The minimum atomic E-state index is -0.894. The molecule has 1 N–H and O–H groups in total. The number of rotatable bonds is 4. The minimum absolute atomic E-state index is 0.0575. The van der Waals surface area contributed by atoms with Gasteiger partial charge in [0.25, 0.3) is 0 Å². The number of phenolic OH excluding ortho intramolecular Hbond substituents is 1. The zero-order valence-corrected chi connectivity index (χ0v) is 11.1. The van der Waals surface area contributed by atoms with Crippen LogP contribution in [0.1, 0.15) is 15.9 Å². The van der Waals surface area contributed by atoms with E-state index < -0.39 is 17.6 Å². The van der Waals surface area contributed by atoms with Crippen molar-refractivity contribution in [3.05, 3.63) is 59.2 Å². The Morgan fingerprint density at radius 2 is 1.71 bits per heavy atom. The van der Waals surface area contributed by atoms with Gasteiger partial charge in [0.1, 0.15) is 29.7 Å². The van der Waals surface area contributed by atoms with Crippen LogP contribution in [0.2, 0.25) is 0 Å². The second-order valence-electron chi connectivity index (χ2n) is 4.19. The third-order valence-corrected chi connectivity index (χ3v) is 2.78. The van der Waals surface area contributed by atoms with Gasteiger partial charge in [-0.15, -0.1) is 0 Å². The molecular weight excluding hydrogens is 282 g/mol. The Morgan fingerprint density at radius 1 is 1.14 bits per heavy atom. The van der Waals surface area contributed by atoms with E-state index >= 15 is 0 Å². The van der Waals surface area contributed by atoms with Crippen LogP contribution < -0.4 is 4.74 Å². The van der Waals surface area contributed by atoms with E-state index in [1.165, 1.54) is 24.3 Å². The number of esters is 1. The van der Waals surface area contributed by atoms with Gasteiger partial charge in [0.05, 0.1) is 18.2 Å². The van der Waals surface area contributed by atoms with Gasteiger partial charge in [-0.05, 0) is 36.4 Å². The molecule has 21 heavy (non-hydrogen) atoms. The quantitative estimate of drug-likeness (QED) is 0.881. The fraction of sp³-hybridized carbons (Fsp3) is 0.133. The summed E-state index contributed by atoms with van der Waals surface area (Å²) in [6, 6.07) is 7.50. The largest absolute Gasteiger partial charge is 0.508 e. The summed E-state index contributed by atoms with van der Waals surface area (Å²) < 4.78 is 37.2. The fourth-order valence-corrected chi connectivity index (χ4v) is 1.67. The van der Waals surface area contributed by atoms with Crippen LogP contribution in [0.25, 0.3) is 0 Å². The molecule has 0 radical (unpaired) electrons. The molecule has 0 aromatic heterocycles. The van der Waals surface area contributed by atoms with Crippen LogP contribution in [-0.4, -0.2) is 18.2 Å². The van der Waals surface area contributed by atoms with Crippen molar-refractivity contribution < 1.29 is 28.2 Å². The molecule has 0 fully saturated rings. The highest BCUT2D eigenvalue weighted by Gasteiger charge is 2.16. The molecule has 0 heterocycles. The summed E-state index contributed by atoms with van der Waals surface area (Å²) in [6.07, 6.45) is 0. The van der Waals surface area contributed by atoms with Gasteiger partial charge < -0.3 is 14.6 Å².